The van der Waals surface area contributed by atoms with Crippen LogP contribution in [0.25, 0.3) is 0 Å². The second-order valence-corrected chi connectivity index (χ2v) is 8.83. The van der Waals surface area contributed by atoms with E-state index < -0.39 is 44.1 Å². The highest BCUT2D eigenvalue weighted by molar-refractivity contribution is 7.92. The first kappa shape index (κ1) is 23.6. The molecule has 0 aromatic heterocycles. The van der Waals surface area contributed by atoms with E-state index >= 15 is 0 Å². The Balaban J connectivity index is 2.15. The minimum atomic E-state index is -4.91. The van der Waals surface area contributed by atoms with Gasteiger partial charge in [0.2, 0.25) is 0 Å². The number of methoxy groups -OCH3 is 1. The van der Waals surface area contributed by atoms with Crippen LogP contribution in [0.5, 0.6) is 5.75 Å². The Hall–Kier alpha value is -3.02. The highest BCUT2D eigenvalue weighted by Gasteiger charge is 2.34. The van der Waals surface area contributed by atoms with Crippen molar-refractivity contribution in [2.75, 3.05) is 29.8 Å². The largest absolute Gasteiger partial charge is 0.495 e. The van der Waals surface area contributed by atoms with Crippen LogP contribution >= 0.6 is 0 Å². The molecule has 32 heavy (non-hydrogen) atoms. The van der Waals surface area contributed by atoms with Crippen molar-refractivity contribution in [2.45, 2.75) is 30.3 Å². The lowest BCUT2D eigenvalue weighted by atomic mass is 10.1. The molecule has 1 aliphatic heterocycles. The fourth-order valence-electron chi connectivity index (χ4n) is 3.50. The van der Waals surface area contributed by atoms with Gasteiger partial charge in [-0.1, -0.05) is 0 Å². The Labute approximate surface area is 181 Å². The van der Waals surface area contributed by atoms with Crippen molar-refractivity contribution in [2.24, 2.45) is 0 Å². The van der Waals surface area contributed by atoms with Crippen molar-refractivity contribution in [1.82, 2.24) is 0 Å². The van der Waals surface area contributed by atoms with Crippen molar-refractivity contribution in [3.05, 3.63) is 47.3 Å². The van der Waals surface area contributed by atoms with E-state index in [2.05, 4.69) is 0 Å². The molecule has 1 aliphatic rings. The molecule has 0 bridgehead atoms. The van der Waals surface area contributed by atoms with Crippen LogP contribution in [0.2, 0.25) is 0 Å². The van der Waals surface area contributed by atoms with Gasteiger partial charge in [-0.05, 0) is 49.6 Å². The number of nitrogens with zero attached hydrogens (tertiary/aromatic N) is 1. The zero-order chi connectivity index (χ0) is 23.7. The number of hydrogen-bond donors (Lipinski definition) is 2. The van der Waals surface area contributed by atoms with Crippen molar-refractivity contribution in [3.8, 4) is 5.75 Å². The van der Waals surface area contributed by atoms with Gasteiger partial charge >= 0.3 is 12.1 Å². The number of carboxylic acids is 1. The summed E-state index contributed by atoms with van der Waals surface area (Å²) in [5, 5.41) is 9.17. The third-order valence-corrected chi connectivity index (χ3v) is 6.39. The molecule has 0 aliphatic carbocycles. The molecule has 7 nitrogen and oxygen atoms in total. The van der Waals surface area contributed by atoms with E-state index in [9.17, 15) is 30.8 Å². The maximum absolute atomic E-state index is 14.8. The van der Waals surface area contributed by atoms with E-state index in [0.29, 0.717) is 38.1 Å². The van der Waals surface area contributed by atoms with Crippen LogP contribution in [0.1, 0.15) is 35.2 Å². The van der Waals surface area contributed by atoms with E-state index in [1.807, 2.05) is 4.72 Å². The number of alkyl halides is 3. The van der Waals surface area contributed by atoms with Crippen LogP contribution in [0.4, 0.5) is 28.9 Å². The van der Waals surface area contributed by atoms with E-state index in [4.69, 9.17) is 9.84 Å². The number of halogens is 4. The molecular formula is C20H20F4N2O5S. The smallest absolute Gasteiger partial charge is 0.416 e. The summed E-state index contributed by atoms with van der Waals surface area (Å²) >= 11 is 0. The lowest BCUT2D eigenvalue weighted by Gasteiger charge is -2.31. The normalized spacial score (nSPS) is 14.8. The maximum Gasteiger partial charge on any atom is 0.416 e. The molecule has 12 heteroatoms. The maximum atomic E-state index is 14.8. The molecule has 2 aromatic rings. The SMILES string of the molecule is COc1ccc(C(=O)O)cc1S(=O)(=O)Nc1cc(C(F)(F)F)cc(F)c1N1CCCCC1. The van der Waals surface area contributed by atoms with Crippen molar-refractivity contribution in [3.63, 3.8) is 0 Å². The number of sulfonamides is 1. The molecule has 0 unspecified atom stereocenters. The van der Waals surface area contributed by atoms with E-state index in [1.54, 1.807) is 0 Å². The Morgan fingerprint density at radius 1 is 1.12 bits per heavy atom. The molecule has 0 amide bonds. The summed E-state index contributed by atoms with van der Waals surface area (Å²) in [6, 6.07) is 3.89. The van der Waals surface area contributed by atoms with Gasteiger partial charge in [0, 0.05) is 13.1 Å². The lowest BCUT2D eigenvalue weighted by molar-refractivity contribution is -0.137. The number of rotatable bonds is 6. The first-order chi connectivity index (χ1) is 14.9. The minimum Gasteiger partial charge on any atom is -0.495 e. The van der Waals surface area contributed by atoms with Crippen LogP contribution in [0, 0.1) is 5.82 Å². The average Bonchev–Trinajstić information content (AvgIpc) is 2.72. The number of benzene rings is 2. The molecule has 1 heterocycles. The summed E-state index contributed by atoms with van der Waals surface area (Å²) < 4.78 is 87.8. The number of ether oxygens (including phenoxy) is 1. The number of carbonyl (C=O) groups is 1. The molecule has 0 spiro atoms. The monoisotopic (exact) mass is 476 g/mol. The standard InChI is InChI=1S/C20H20F4N2O5S/c1-31-16-6-5-12(19(27)28)9-17(16)32(29,30)25-15-11-13(20(22,23)24)10-14(21)18(15)26-7-3-2-4-8-26/h5-6,9-11,25H,2-4,7-8H2,1H3,(H,27,28). The highest BCUT2D eigenvalue weighted by atomic mass is 32.2. The Morgan fingerprint density at radius 3 is 2.34 bits per heavy atom. The van der Waals surface area contributed by atoms with Gasteiger partial charge < -0.3 is 14.7 Å². The summed E-state index contributed by atoms with van der Waals surface area (Å²) in [7, 11) is -3.50. The third-order valence-electron chi connectivity index (χ3n) is 5.01. The molecule has 0 saturated carbocycles. The lowest BCUT2D eigenvalue weighted by Crippen LogP contribution is -2.31. The molecule has 1 fully saturated rings. The zero-order valence-electron chi connectivity index (χ0n) is 16.9. The van der Waals surface area contributed by atoms with Gasteiger partial charge in [0.25, 0.3) is 10.0 Å². The van der Waals surface area contributed by atoms with Crippen LogP contribution < -0.4 is 14.4 Å². The molecule has 3 rings (SSSR count). The number of piperidine rings is 1. The summed E-state index contributed by atoms with van der Waals surface area (Å²) in [6.07, 6.45) is -2.72. The summed E-state index contributed by atoms with van der Waals surface area (Å²) in [5.74, 6) is -2.86. The van der Waals surface area contributed by atoms with E-state index in [-0.39, 0.29) is 17.0 Å². The van der Waals surface area contributed by atoms with Gasteiger partial charge in [-0.2, -0.15) is 13.2 Å². The van der Waals surface area contributed by atoms with Crippen LogP contribution in [-0.2, 0) is 16.2 Å². The fraction of sp³-hybridized carbons (Fsp3) is 0.350. The van der Waals surface area contributed by atoms with Crippen LogP contribution in [-0.4, -0.2) is 39.7 Å². The number of carboxylic acid groups (broad SMARTS) is 1. The topological polar surface area (TPSA) is 95.9 Å². The third kappa shape index (κ3) is 4.90. The number of nitrogens with one attached hydrogen (secondary N) is 1. The first-order valence-corrected chi connectivity index (χ1v) is 11.0. The number of anilines is 2. The van der Waals surface area contributed by atoms with E-state index in [1.165, 1.54) is 4.90 Å². The van der Waals surface area contributed by atoms with Crippen LogP contribution in [0.15, 0.2) is 35.2 Å². The molecule has 0 atom stereocenters. The van der Waals surface area contributed by atoms with E-state index in [0.717, 1.165) is 31.7 Å². The van der Waals surface area contributed by atoms with Crippen LogP contribution in [0.3, 0.4) is 0 Å². The number of aromatic carboxylic acids is 1. The fourth-order valence-corrected chi connectivity index (χ4v) is 4.75. The average molecular weight is 476 g/mol. The predicted octanol–water partition coefficient (Wildman–Crippen LogP) is 4.34. The van der Waals surface area contributed by atoms with Gasteiger partial charge in [-0.15, -0.1) is 0 Å². The van der Waals surface area contributed by atoms with Gasteiger partial charge in [0.05, 0.1) is 29.6 Å². The zero-order valence-corrected chi connectivity index (χ0v) is 17.7. The summed E-state index contributed by atoms with van der Waals surface area (Å²) in [4.78, 5) is 12.1. The predicted molar refractivity (Wildman–Crippen MR) is 108 cm³/mol. The molecule has 174 valence electrons. The Morgan fingerprint density at radius 2 is 1.78 bits per heavy atom. The second-order valence-electron chi connectivity index (χ2n) is 7.18. The molecule has 2 N–H and O–H groups in total. The molecular weight excluding hydrogens is 456 g/mol. The summed E-state index contributed by atoms with van der Waals surface area (Å²) in [5.41, 5.74) is -2.63. The number of hydrogen-bond acceptors (Lipinski definition) is 5. The van der Waals surface area contributed by atoms with Crippen molar-refractivity contribution in [1.29, 1.82) is 0 Å². The van der Waals surface area contributed by atoms with Crippen molar-refractivity contribution >= 4 is 27.4 Å². The first-order valence-electron chi connectivity index (χ1n) is 9.54. The van der Waals surface area contributed by atoms with Crippen molar-refractivity contribution < 1.29 is 40.6 Å². The second kappa shape index (κ2) is 8.85. The summed E-state index contributed by atoms with van der Waals surface area (Å²) in [6.45, 7) is 0.684. The quantitative estimate of drug-likeness (QED) is 0.603. The molecule has 2 aromatic carbocycles. The van der Waals surface area contributed by atoms with Gasteiger partial charge in [0.15, 0.2) is 0 Å². The van der Waals surface area contributed by atoms with Gasteiger partial charge in [0.1, 0.15) is 16.5 Å². The molecule has 1 saturated heterocycles. The minimum absolute atomic E-state index is 0.227. The highest BCUT2D eigenvalue weighted by Crippen LogP contribution is 2.40. The Kier molecular flexibility index (Phi) is 6.54. The van der Waals surface area contributed by atoms with Gasteiger partial charge in [-0.3, -0.25) is 4.72 Å². The molecule has 0 radical (unpaired) electrons. The van der Waals surface area contributed by atoms with Gasteiger partial charge in [-0.25, -0.2) is 17.6 Å². The Bertz CT molecular complexity index is 1130.